The fraction of sp³-hybridized carbons (Fsp3) is 0.389. The van der Waals surface area contributed by atoms with Crippen molar-refractivity contribution < 1.29 is 13.9 Å². The highest BCUT2D eigenvalue weighted by Crippen LogP contribution is 2.27. The molecular formula is C18H24Cl3N3O3. The lowest BCUT2D eigenvalue weighted by Crippen LogP contribution is -2.43. The predicted molar refractivity (Wildman–Crippen MR) is 110 cm³/mol. The summed E-state index contributed by atoms with van der Waals surface area (Å²) >= 11 is 6.39. The van der Waals surface area contributed by atoms with Gasteiger partial charge in [-0.15, -0.1) is 24.8 Å². The highest BCUT2D eigenvalue weighted by molar-refractivity contribution is 6.31. The second-order valence-corrected chi connectivity index (χ2v) is 6.31. The minimum atomic E-state index is -0.186. The second-order valence-electron chi connectivity index (χ2n) is 5.90. The lowest BCUT2D eigenvalue weighted by molar-refractivity contribution is 0.0162. The summed E-state index contributed by atoms with van der Waals surface area (Å²) in [5, 5.41) is 3.67. The summed E-state index contributed by atoms with van der Waals surface area (Å²) in [6.45, 7) is 3.67. The Morgan fingerprint density at radius 1 is 1.26 bits per heavy atom. The van der Waals surface area contributed by atoms with Crippen molar-refractivity contribution in [1.82, 2.24) is 10.2 Å². The third-order valence-electron chi connectivity index (χ3n) is 4.32. The Kier molecular flexibility index (Phi) is 10.2. The minimum Gasteiger partial charge on any atom is -0.467 e. The molecule has 2 aromatic rings. The van der Waals surface area contributed by atoms with Crippen molar-refractivity contribution in [3.05, 3.63) is 58.5 Å². The second kappa shape index (κ2) is 11.5. The standard InChI is InChI=1S/C18H22ClN3O3.2ClH/c19-16-4-2-1-3-15(16)17(22-5-7-24-8-6-22)11-21-18(23)13-9-14(10-20)25-12-13;;/h1-4,9,12,17H,5-8,10-11,20H2,(H,21,23);2*1H. The zero-order valence-corrected chi connectivity index (χ0v) is 17.1. The first kappa shape index (κ1) is 23.8. The molecule has 0 saturated carbocycles. The van der Waals surface area contributed by atoms with Gasteiger partial charge in [0.1, 0.15) is 12.0 Å². The Morgan fingerprint density at radius 2 is 1.96 bits per heavy atom. The molecule has 0 spiro atoms. The van der Waals surface area contributed by atoms with Crippen LogP contribution in [0.4, 0.5) is 0 Å². The summed E-state index contributed by atoms with van der Waals surface area (Å²) in [4.78, 5) is 14.7. The molecular weight excluding hydrogens is 413 g/mol. The van der Waals surface area contributed by atoms with Gasteiger partial charge in [0.2, 0.25) is 0 Å². The van der Waals surface area contributed by atoms with Gasteiger partial charge in [-0.25, -0.2) is 0 Å². The molecule has 1 aliphatic heterocycles. The number of benzene rings is 1. The molecule has 0 bridgehead atoms. The maximum absolute atomic E-state index is 12.4. The van der Waals surface area contributed by atoms with E-state index >= 15 is 0 Å². The number of carbonyl (C=O) groups excluding carboxylic acids is 1. The Balaban J connectivity index is 0.00000182. The number of nitrogens with zero attached hydrogens (tertiary/aromatic N) is 1. The quantitative estimate of drug-likeness (QED) is 0.727. The van der Waals surface area contributed by atoms with Gasteiger partial charge in [-0.3, -0.25) is 9.69 Å². The SMILES string of the molecule is Cl.Cl.NCc1cc(C(=O)NCC(c2ccccc2Cl)N2CCOCC2)co1. The van der Waals surface area contributed by atoms with E-state index in [9.17, 15) is 4.79 Å². The summed E-state index contributed by atoms with van der Waals surface area (Å²) < 4.78 is 10.7. The average molecular weight is 437 g/mol. The van der Waals surface area contributed by atoms with Crippen molar-refractivity contribution in [1.29, 1.82) is 0 Å². The number of halogens is 3. The number of amides is 1. The van der Waals surface area contributed by atoms with Crippen LogP contribution < -0.4 is 11.1 Å². The van der Waals surface area contributed by atoms with Gasteiger partial charge in [-0.1, -0.05) is 29.8 Å². The van der Waals surface area contributed by atoms with E-state index in [1.54, 1.807) is 6.07 Å². The maximum Gasteiger partial charge on any atom is 0.254 e. The number of nitrogens with one attached hydrogen (secondary N) is 1. The normalized spacial score (nSPS) is 15.3. The maximum atomic E-state index is 12.4. The predicted octanol–water partition coefficient (Wildman–Crippen LogP) is 3.04. The number of morpholine rings is 1. The van der Waals surface area contributed by atoms with Crippen molar-refractivity contribution in [3.63, 3.8) is 0 Å². The molecule has 3 rings (SSSR count). The van der Waals surface area contributed by atoms with E-state index in [1.807, 2.05) is 24.3 Å². The molecule has 6 nitrogen and oxygen atoms in total. The van der Waals surface area contributed by atoms with E-state index in [0.29, 0.717) is 36.1 Å². The lowest BCUT2D eigenvalue weighted by atomic mass is 10.0. The molecule has 150 valence electrons. The molecule has 1 atom stereocenters. The summed E-state index contributed by atoms with van der Waals surface area (Å²) in [6.07, 6.45) is 1.43. The van der Waals surface area contributed by atoms with Gasteiger partial charge >= 0.3 is 0 Å². The molecule has 1 saturated heterocycles. The zero-order chi connectivity index (χ0) is 17.6. The number of rotatable bonds is 6. The minimum absolute atomic E-state index is 0. The van der Waals surface area contributed by atoms with Crippen molar-refractivity contribution >= 4 is 42.3 Å². The molecule has 1 aromatic heterocycles. The molecule has 1 amide bonds. The molecule has 9 heteroatoms. The molecule has 2 heterocycles. The molecule has 27 heavy (non-hydrogen) atoms. The van der Waals surface area contributed by atoms with E-state index < -0.39 is 0 Å². The average Bonchev–Trinajstić information content (AvgIpc) is 3.13. The van der Waals surface area contributed by atoms with E-state index in [-0.39, 0.29) is 43.3 Å². The van der Waals surface area contributed by atoms with Crippen molar-refractivity contribution in [2.45, 2.75) is 12.6 Å². The van der Waals surface area contributed by atoms with Gasteiger partial charge in [0.15, 0.2) is 0 Å². The smallest absolute Gasteiger partial charge is 0.254 e. The molecule has 0 aliphatic carbocycles. The zero-order valence-electron chi connectivity index (χ0n) is 14.7. The monoisotopic (exact) mass is 435 g/mol. The largest absolute Gasteiger partial charge is 0.467 e. The van der Waals surface area contributed by atoms with Crippen LogP contribution in [0.5, 0.6) is 0 Å². The molecule has 1 aliphatic rings. The van der Waals surface area contributed by atoms with Crippen LogP contribution in [0.1, 0.15) is 27.7 Å². The number of nitrogens with two attached hydrogens (primary N) is 1. The van der Waals surface area contributed by atoms with Crippen LogP contribution in [0.15, 0.2) is 41.0 Å². The van der Waals surface area contributed by atoms with Crippen LogP contribution in [0, 0.1) is 0 Å². The molecule has 1 fully saturated rings. The van der Waals surface area contributed by atoms with Crippen LogP contribution in [0.3, 0.4) is 0 Å². The first-order valence-corrected chi connectivity index (χ1v) is 8.68. The number of furan rings is 1. The Morgan fingerprint density at radius 3 is 2.59 bits per heavy atom. The van der Waals surface area contributed by atoms with Gasteiger partial charge in [-0.05, 0) is 17.7 Å². The Labute approximate surface area is 176 Å². The van der Waals surface area contributed by atoms with Crippen LogP contribution in [-0.2, 0) is 11.3 Å². The first-order chi connectivity index (χ1) is 12.2. The highest BCUT2D eigenvalue weighted by Gasteiger charge is 2.25. The van der Waals surface area contributed by atoms with Gasteiger partial charge in [0.25, 0.3) is 5.91 Å². The number of ether oxygens (including phenoxy) is 1. The Hall–Kier alpha value is -1.28. The van der Waals surface area contributed by atoms with E-state index in [4.69, 9.17) is 26.5 Å². The summed E-state index contributed by atoms with van der Waals surface area (Å²) in [5.41, 5.74) is 6.99. The Bertz CT molecular complexity index is 721. The van der Waals surface area contributed by atoms with Crippen molar-refractivity contribution in [2.75, 3.05) is 32.8 Å². The van der Waals surface area contributed by atoms with Gasteiger partial charge in [-0.2, -0.15) is 0 Å². The summed E-state index contributed by atoms with van der Waals surface area (Å²) in [6, 6.07) is 9.38. The lowest BCUT2D eigenvalue weighted by Gasteiger charge is -2.35. The molecule has 1 unspecified atom stereocenters. The number of carbonyl (C=O) groups is 1. The van der Waals surface area contributed by atoms with Crippen LogP contribution >= 0.6 is 36.4 Å². The van der Waals surface area contributed by atoms with Crippen LogP contribution in [0.25, 0.3) is 0 Å². The number of hydrogen-bond donors (Lipinski definition) is 2. The third kappa shape index (κ3) is 6.10. The van der Waals surface area contributed by atoms with Crippen LogP contribution in [0.2, 0.25) is 5.02 Å². The third-order valence-corrected chi connectivity index (χ3v) is 4.67. The van der Waals surface area contributed by atoms with E-state index in [1.165, 1.54) is 6.26 Å². The number of hydrogen-bond acceptors (Lipinski definition) is 5. The molecule has 3 N–H and O–H groups in total. The van der Waals surface area contributed by atoms with Gasteiger partial charge in [0, 0.05) is 24.7 Å². The fourth-order valence-electron chi connectivity index (χ4n) is 2.97. The summed E-state index contributed by atoms with van der Waals surface area (Å²) in [7, 11) is 0. The van der Waals surface area contributed by atoms with E-state index in [2.05, 4.69) is 10.2 Å². The highest BCUT2D eigenvalue weighted by atomic mass is 35.5. The van der Waals surface area contributed by atoms with Crippen molar-refractivity contribution in [3.8, 4) is 0 Å². The topological polar surface area (TPSA) is 80.7 Å². The van der Waals surface area contributed by atoms with Crippen molar-refractivity contribution in [2.24, 2.45) is 5.73 Å². The van der Waals surface area contributed by atoms with Gasteiger partial charge < -0.3 is 20.2 Å². The molecule has 0 radical (unpaired) electrons. The van der Waals surface area contributed by atoms with Gasteiger partial charge in [0.05, 0.1) is 31.4 Å². The fourth-order valence-corrected chi connectivity index (χ4v) is 3.23. The first-order valence-electron chi connectivity index (χ1n) is 8.31. The van der Waals surface area contributed by atoms with Crippen LogP contribution in [-0.4, -0.2) is 43.7 Å². The summed E-state index contributed by atoms with van der Waals surface area (Å²) in [5.74, 6) is 0.398. The molecule has 1 aromatic carbocycles. The van der Waals surface area contributed by atoms with E-state index in [0.717, 1.165) is 18.7 Å².